The van der Waals surface area contributed by atoms with Gasteiger partial charge in [-0.25, -0.2) is 8.42 Å². The largest absolute Gasteiger partial charge is 0.339 e. The standard InChI is InChI=1S/C13H18N4O5S/c1-10-2-3-11(17(19)20)8-12(10)23(21,22)16-6-4-15(5-7-16)13(18)9-14/h2-3,8H,4-7,9,14H2,1H3. The Hall–Kier alpha value is -2.04. The molecule has 23 heavy (non-hydrogen) atoms. The van der Waals surface area contributed by atoms with Gasteiger partial charge in [-0.3, -0.25) is 14.9 Å². The molecule has 2 N–H and O–H groups in total. The van der Waals surface area contributed by atoms with Gasteiger partial charge in [0.05, 0.1) is 16.4 Å². The number of aryl methyl sites for hydroxylation is 1. The van der Waals surface area contributed by atoms with E-state index >= 15 is 0 Å². The molecular weight excluding hydrogens is 324 g/mol. The van der Waals surface area contributed by atoms with Gasteiger partial charge in [-0.15, -0.1) is 0 Å². The quantitative estimate of drug-likeness (QED) is 0.591. The van der Waals surface area contributed by atoms with Crippen LogP contribution < -0.4 is 5.73 Å². The average molecular weight is 342 g/mol. The number of sulfonamides is 1. The Labute approximate surface area is 133 Å². The average Bonchev–Trinajstić information content (AvgIpc) is 2.54. The van der Waals surface area contributed by atoms with Crippen LogP contribution in [0.2, 0.25) is 0 Å². The second kappa shape index (κ2) is 6.60. The van der Waals surface area contributed by atoms with Gasteiger partial charge in [0.1, 0.15) is 0 Å². The van der Waals surface area contributed by atoms with Crippen molar-refractivity contribution in [2.45, 2.75) is 11.8 Å². The number of hydrogen-bond acceptors (Lipinski definition) is 6. The molecular formula is C13H18N4O5S. The lowest BCUT2D eigenvalue weighted by molar-refractivity contribution is -0.385. The van der Waals surface area contributed by atoms with Gasteiger partial charge < -0.3 is 10.6 Å². The van der Waals surface area contributed by atoms with Crippen molar-refractivity contribution in [3.8, 4) is 0 Å². The lowest BCUT2D eigenvalue weighted by Crippen LogP contribution is -2.51. The number of amides is 1. The van der Waals surface area contributed by atoms with Gasteiger partial charge in [-0.05, 0) is 12.5 Å². The van der Waals surface area contributed by atoms with Gasteiger partial charge in [-0.1, -0.05) is 6.07 Å². The van der Waals surface area contributed by atoms with Gasteiger partial charge in [-0.2, -0.15) is 4.31 Å². The Kier molecular flexibility index (Phi) is 4.97. The van der Waals surface area contributed by atoms with E-state index in [-0.39, 0.29) is 49.2 Å². The zero-order chi connectivity index (χ0) is 17.2. The van der Waals surface area contributed by atoms with E-state index in [1.165, 1.54) is 21.3 Å². The van der Waals surface area contributed by atoms with Crippen molar-refractivity contribution in [3.63, 3.8) is 0 Å². The summed E-state index contributed by atoms with van der Waals surface area (Å²) in [5.41, 5.74) is 5.46. The Morgan fingerprint density at radius 1 is 1.30 bits per heavy atom. The molecule has 1 aliphatic heterocycles. The minimum Gasteiger partial charge on any atom is -0.339 e. The smallest absolute Gasteiger partial charge is 0.270 e. The van der Waals surface area contributed by atoms with E-state index in [9.17, 15) is 23.3 Å². The number of rotatable bonds is 4. The first-order valence-corrected chi connectivity index (χ1v) is 8.44. The third kappa shape index (κ3) is 3.49. The second-order valence-electron chi connectivity index (χ2n) is 5.20. The molecule has 126 valence electrons. The third-order valence-corrected chi connectivity index (χ3v) is 5.81. The molecule has 1 amide bonds. The fourth-order valence-electron chi connectivity index (χ4n) is 2.43. The highest BCUT2D eigenvalue weighted by Crippen LogP contribution is 2.25. The maximum absolute atomic E-state index is 12.7. The van der Waals surface area contributed by atoms with Crippen LogP contribution in [-0.4, -0.2) is 61.2 Å². The highest BCUT2D eigenvalue weighted by molar-refractivity contribution is 7.89. The molecule has 0 unspecified atom stereocenters. The van der Waals surface area contributed by atoms with Crippen LogP contribution in [0.4, 0.5) is 5.69 Å². The summed E-state index contributed by atoms with van der Waals surface area (Å²) in [5.74, 6) is -0.228. The molecule has 0 bridgehead atoms. The predicted octanol–water partition coefficient (Wildman–Crippen LogP) is -0.305. The predicted molar refractivity (Wildman–Crippen MR) is 82.2 cm³/mol. The van der Waals surface area contributed by atoms with E-state index in [2.05, 4.69) is 0 Å². The summed E-state index contributed by atoms with van der Waals surface area (Å²) in [6, 6.07) is 3.76. The highest BCUT2D eigenvalue weighted by atomic mass is 32.2. The van der Waals surface area contributed by atoms with Crippen LogP contribution in [0.1, 0.15) is 5.56 Å². The Balaban J connectivity index is 2.25. The summed E-state index contributed by atoms with van der Waals surface area (Å²) >= 11 is 0. The lowest BCUT2D eigenvalue weighted by Gasteiger charge is -2.34. The summed E-state index contributed by atoms with van der Waals surface area (Å²) in [4.78, 5) is 23.2. The van der Waals surface area contributed by atoms with Crippen LogP contribution in [0.5, 0.6) is 0 Å². The summed E-state index contributed by atoms with van der Waals surface area (Å²) in [6.45, 7) is 2.25. The van der Waals surface area contributed by atoms with E-state index < -0.39 is 14.9 Å². The number of nitrogens with two attached hydrogens (primary N) is 1. The van der Waals surface area contributed by atoms with Crippen molar-refractivity contribution in [1.29, 1.82) is 0 Å². The van der Waals surface area contributed by atoms with Gasteiger partial charge in [0.2, 0.25) is 15.9 Å². The number of benzene rings is 1. The topological polar surface area (TPSA) is 127 Å². The van der Waals surface area contributed by atoms with Crippen molar-refractivity contribution in [2.75, 3.05) is 32.7 Å². The zero-order valence-corrected chi connectivity index (χ0v) is 13.5. The van der Waals surface area contributed by atoms with E-state index in [4.69, 9.17) is 5.73 Å². The van der Waals surface area contributed by atoms with Crippen LogP contribution in [0.15, 0.2) is 23.1 Å². The monoisotopic (exact) mass is 342 g/mol. The molecule has 1 aliphatic rings. The molecule has 0 aromatic heterocycles. The number of nitrogens with zero attached hydrogens (tertiary/aromatic N) is 3. The first-order chi connectivity index (χ1) is 10.8. The first-order valence-electron chi connectivity index (χ1n) is 7.00. The van der Waals surface area contributed by atoms with Gasteiger partial charge >= 0.3 is 0 Å². The van der Waals surface area contributed by atoms with Crippen LogP contribution in [0.25, 0.3) is 0 Å². The fourth-order valence-corrected chi connectivity index (χ4v) is 4.09. The van der Waals surface area contributed by atoms with E-state index in [0.29, 0.717) is 5.56 Å². The summed E-state index contributed by atoms with van der Waals surface area (Å²) in [7, 11) is -3.84. The molecule has 0 aliphatic carbocycles. The maximum Gasteiger partial charge on any atom is 0.270 e. The molecule has 0 spiro atoms. The SMILES string of the molecule is Cc1ccc([N+](=O)[O-])cc1S(=O)(=O)N1CCN(C(=O)CN)CC1. The molecule has 1 saturated heterocycles. The summed E-state index contributed by atoms with van der Waals surface area (Å²) < 4.78 is 26.6. The number of carbonyl (C=O) groups is 1. The molecule has 2 rings (SSSR count). The molecule has 9 nitrogen and oxygen atoms in total. The minimum atomic E-state index is -3.84. The number of nitro benzene ring substituents is 1. The molecule has 0 radical (unpaired) electrons. The van der Waals surface area contributed by atoms with Crippen molar-refractivity contribution in [2.24, 2.45) is 5.73 Å². The zero-order valence-electron chi connectivity index (χ0n) is 12.6. The number of non-ortho nitro benzene ring substituents is 1. The van der Waals surface area contributed by atoms with Crippen molar-refractivity contribution in [1.82, 2.24) is 9.21 Å². The molecule has 0 atom stereocenters. The van der Waals surface area contributed by atoms with Gasteiger partial charge in [0.25, 0.3) is 5.69 Å². The van der Waals surface area contributed by atoms with Gasteiger partial charge in [0, 0.05) is 38.3 Å². The normalized spacial score (nSPS) is 16.3. The van der Waals surface area contributed by atoms with E-state index in [0.717, 1.165) is 6.07 Å². The second-order valence-corrected chi connectivity index (χ2v) is 7.10. The maximum atomic E-state index is 12.7. The van der Waals surface area contributed by atoms with Crippen molar-refractivity contribution < 1.29 is 18.1 Å². The van der Waals surface area contributed by atoms with Crippen LogP contribution in [0, 0.1) is 17.0 Å². The van der Waals surface area contributed by atoms with E-state index in [1.807, 2.05) is 0 Å². The number of nitro groups is 1. The van der Waals surface area contributed by atoms with Crippen LogP contribution in [-0.2, 0) is 14.8 Å². The fraction of sp³-hybridized carbons (Fsp3) is 0.462. The minimum absolute atomic E-state index is 0.0784. The first kappa shape index (κ1) is 17.3. The molecule has 1 aromatic carbocycles. The number of carbonyl (C=O) groups excluding carboxylic acids is 1. The molecule has 0 saturated carbocycles. The Morgan fingerprint density at radius 3 is 2.43 bits per heavy atom. The number of hydrogen-bond donors (Lipinski definition) is 1. The molecule has 1 fully saturated rings. The molecule has 10 heteroatoms. The summed E-state index contributed by atoms with van der Waals surface area (Å²) in [6.07, 6.45) is 0. The van der Waals surface area contributed by atoms with Crippen molar-refractivity contribution >= 4 is 21.6 Å². The third-order valence-electron chi connectivity index (χ3n) is 3.77. The number of piperazine rings is 1. The van der Waals surface area contributed by atoms with Crippen LogP contribution >= 0.6 is 0 Å². The highest BCUT2D eigenvalue weighted by Gasteiger charge is 2.31. The van der Waals surface area contributed by atoms with Crippen LogP contribution in [0.3, 0.4) is 0 Å². The Morgan fingerprint density at radius 2 is 1.91 bits per heavy atom. The molecule has 1 heterocycles. The molecule has 1 aromatic rings. The van der Waals surface area contributed by atoms with Gasteiger partial charge in [0.15, 0.2) is 0 Å². The van der Waals surface area contributed by atoms with E-state index in [1.54, 1.807) is 6.92 Å². The lowest BCUT2D eigenvalue weighted by atomic mass is 10.2. The Bertz CT molecular complexity index is 726. The van der Waals surface area contributed by atoms with Crippen molar-refractivity contribution in [3.05, 3.63) is 33.9 Å². The summed E-state index contributed by atoms with van der Waals surface area (Å²) in [5, 5.41) is 10.9.